The number of benzene rings is 1. The SMILES string of the molecule is Cc1c(C#N)cccc1-c1nc(N)c(F)c(-c2cn(Cc3cc(Cl)n(C)n3)nn2)n1. The lowest BCUT2D eigenvalue weighted by Gasteiger charge is -2.09. The van der Waals surface area contributed by atoms with Crippen LogP contribution < -0.4 is 5.73 Å². The van der Waals surface area contributed by atoms with Gasteiger partial charge >= 0.3 is 0 Å². The maximum absolute atomic E-state index is 14.7. The lowest BCUT2D eigenvalue weighted by atomic mass is 10.0. The van der Waals surface area contributed by atoms with E-state index in [4.69, 9.17) is 17.3 Å². The molecule has 0 atom stereocenters. The number of aryl methyl sites for hydroxylation is 1. The van der Waals surface area contributed by atoms with E-state index >= 15 is 0 Å². The summed E-state index contributed by atoms with van der Waals surface area (Å²) < 4.78 is 17.7. The Bertz CT molecular complexity index is 1280. The number of halogens is 2. The summed E-state index contributed by atoms with van der Waals surface area (Å²) in [6.07, 6.45) is 1.54. The maximum Gasteiger partial charge on any atom is 0.193 e. The highest BCUT2D eigenvalue weighted by atomic mass is 35.5. The zero-order chi connectivity index (χ0) is 21.4. The van der Waals surface area contributed by atoms with Crippen LogP contribution >= 0.6 is 11.6 Å². The van der Waals surface area contributed by atoms with Crippen LogP contribution in [0.25, 0.3) is 22.8 Å². The molecule has 0 saturated carbocycles. The molecule has 0 aliphatic carbocycles. The van der Waals surface area contributed by atoms with Gasteiger partial charge in [-0.15, -0.1) is 5.10 Å². The monoisotopic (exact) mass is 423 g/mol. The summed E-state index contributed by atoms with van der Waals surface area (Å²) in [7, 11) is 1.72. The fourth-order valence-corrected chi connectivity index (χ4v) is 3.15. The van der Waals surface area contributed by atoms with Crippen LogP contribution in [0.15, 0.2) is 30.5 Å². The van der Waals surface area contributed by atoms with Crippen LogP contribution in [0.1, 0.15) is 16.8 Å². The molecular weight excluding hydrogens is 409 g/mol. The first-order chi connectivity index (χ1) is 14.4. The summed E-state index contributed by atoms with van der Waals surface area (Å²) >= 11 is 6.00. The standard InChI is InChI=1S/C19H15ClFN9/c1-10-11(7-22)4-3-5-13(10)19-24-17(16(21)18(23)25-19)14-9-30(28-26-14)8-12-6-15(20)29(2)27-12/h3-6,9H,8H2,1-2H3,(H2,23,24,25). The van der Waals surface area contributed by atoms with Crippen LogP contribution in [-0.2, 0) is 13.6 Å². The van der Waals surface area contributed by atoms with Crippen molar-refractivity contribution in [1.29, 1.82) is 5.26 Å². The van der Waals surface area contributed by atoms with Crippen molar-refractivity contribution in [1.82, 2.24) is 34.7 Å². The van der Waals surface area contributed by atoms with Crippen molar-refractivity contribution < 1.29 is 4.39 Å². The molecule has 150 valence electrons. The third-order valence-corrected chi connectivity index (χ3v) is 4.90. The predicted molar refractivity (Wildman–Crippen MR) is 108 cm³/mol. The van der Waals surface area contributed by atoms with Crippen molar-refractivity contribution in [3.05, 3.63) is 58.3 Å². The zero-order valence-corrected chi connectivity index (χ0v) is 16.8. The molecule has 0 amide bonds. The molecule has 0 spiro atoms. The van der Waals surface area contributed by atoms with Gasteiger partial charge in [0.15, 0.2) is 17.5 Å². The molecule has 4 rings (SSSR count). The van der Waals surface area contributed by atoms with Gasteiger partial charge in [0.1, 0.15) is 16.5 Å². The predicted octanol–water partition coefficient (Wildman–Crippen LogP) is 2.74. The van der Waals surface area contributed by atoms with E-state index in [1.807, 2.05) is 0 Å². The second-order valence-electron chi connectivity index (χ2n) is 6.57. The molecule has 11 heteroatoms. The highest BCUT2D eigenvalue weighted by Gasteiger charge is 2.19. The second-order valence-corrected chi connectivity index (χ2v) is 6.96. The Balaban J connectivity index is 1.74. The number of hydrogen-bond acceptors (Lipinski definition) is 7. The molecule has 4 aromatic rings. The quantitative estimate of drug-likeness (QED) is 0.535. The summed E-state index contributed by atoms with van der Waals surface area (Å²) in [5.74, 6) is -0.909. The molecular formula is C19H15ClFN9. The number of hydrogen-bond donors (Lipinski definition) is 1. The average Bonchev–Trinajstić information content (AvgIpc) is 3.30. The minimum absolute atomic E-state index is 0.0791. The van der Waals surface area contributed by atoms with Crippen LogP contribution in [0.4, 0.5) is 10.2 Å². The van der Waals surface area contributed by atoms with Gasteiger partial charge in [-0.25, -0.2) is 19.0 Å². The molecule has 9 nitrogen and oxygen atoms in total. The first kappa shape index (κ1) is 19.5. The summed E-state index contributed by atoms with van der Waals surface area (Å²) in [6, 6.07) is 8.94. The van der Waals surface area contributed by atoms with E-state index in [1.165, 1.54) is 15.6 Å². The molecule has 0 bridgehead atoms. The van der Waals surface area contributed by atoms with Gasteiger partial charge in [0, 0.05) is 18.7 Å². The van der Waals surface area contributed by atoms with Gasteiger partial charge in [0.05, 0.1) is 30.1 Å². The minimum atomic E-state index is -0.791. The molecule has 1 aromatic carbocycles. The fourth-order valence-electron chi connectivity index (χ4n) is 2.98. The van der Waals surface area contributed by atoms with Crippen molar-refractivity contribution in [2.45, 2.75) is 13.5 Å². The summed E-state index contributed by atoms with van der Waals surface area (Å²) in [4.78, 5) is 8.37. The molecule has 30 heavy (non-hydrogen) atoms. The minimum Gasteiger partial charge on any atom is -0.381 e. The Kier molecular flexibility index (Phi) is 4.89. The van der Waals surface area contributed by atoms with E-state index in [0.717, 1.165) is 0 Å². The zero-order valence-electron chi connectivity index (χ0n) is 16.0. The summed E-state index contributed by atoms with van der Waals surface area (Å²) in [6.45, 7) is 2.07. The van der Waals surface area contributed by atoms with Crippen molar-refractivity contribution in [3.8, 4) is 28.8 Å². The molecule has 3 heterocycles. The lowest BCUT2D eigenvalue weighted by Crippen LogP contribution is -2.04. The third-order valence-electron chi connectivity index (χ3n) is 4.55. The number of aromatic nitrogens is 7. The number of nitrogens with two attached hydrogens (primary N) is 1. The highest BCUT2D eigenvalue weighted by Crippen LogP contribution is 2.28. The first-order valence-electron chi connectivity index (χ1n) is 8.79. The maximum atomic E-state index is 14.7. The van der Waals surface area contributed by atoms with E-state index in [0.29, 0.717) is 34.1 Å². The summed E-state index contributed by atoms with van der Waals surface area (Å²) in [5.41, 5.74) is 8.31. The van der Waals surface area contributed by atoms with Crippen LogP contribution in [0, 0.1) is 24.1 Å². The summed E-state index contributed by atoms with van der Waals surface area (Å²) in [5, 5.41) is 22.0. The van der Waals surface area contributed by atoms with Crippen molar-refractivity contribution in [3.63, 3.8) is 0 Å². The second kappa shape index (κ2) is 7.53. The Morgan fingerprint density at radius 2 is 2.10 bits per heavy atom. The van der Waals surface area contributed by atoms with E-state index in [-0.39, 0.29) is 23.0 Å². The number of anilines is 1. The van der Waals surface area contributed by atoms with Gasteiger partial charge in [-0.2, -0.15) is 10.4 Å². The van der Waals surface area contributed by atoms with Crippen molar-refractivity contribution in [2.75, 3.05) is 5.73 Å². The number of nitrogens with zero attached hydrogens (tertiary/aromatic N) is 8. The Morgan fingerprint density at radius 3 is 2.80 bits per heavy atom. The van der Waals surface area contributed by atoms with Gasteiger partial charge < -0.3 is 5.73 Å². The number of rotatable bonds is 4. The Hall–Kier alpha value is -3.84. The average molecular weight is 424 g/mol. The first-order valence-corrected chi connectivity index (χ1v) is 9.17. The Labute approximate surface area is 175 Å². The molecule has 0 saturated heterocycles. The van der Waals surface area contributed by atoms with Gasteiger partial charge in [-0.05, 0) is 18.6 Å². The Morgan fingerprint density at radius 1 is 1.30 bits per heavy atom. The van der Waals surface area contributed by atoms with Gasteiger partial charge in [0.2, 0.25) is 0 Å². The molecule has 0 radical (unpaired) electrons. The van der Waals surface area contributed by atoms with E-state index < -0.39 is 5.82 Å². The fraction of sp³-hybridized carbons (Fsp3) is 0.158. The van der Waals surface area contributed by atoms with Gasteiger partial charge in [0.25, 0.3) is 0 Å². The van der Waals surface area contributed by atoms with Crippen LogP contribution in [0.3, 0.4) is 0 Å². The molecule has 3 aromatic heterocycles. The van der Waals surface area contributed by atoms with Gasteiger partial charge in [-0.3, -0.25) is 4.68 Å². The number of nitriles is 1. The van der Waals surface area contributed by atoms with Crippen molar-refractivity contribution in [2.24, 2.45) is 7.05 Å². The highest BCUT2D eigenvalue weighted by molar-refractivity contribution is 6.29. The third kappa shape index (κ3) is 3.46. The molecule has 0 aliphatic heterocycles. The topological polar surface area (TPSA) is 124 Å². The van der Waals surface area contributed by atoms with Crippen LogP contribution in [0.5, 0.6) is 0 Å². The van der Waals surface area contributed by atoms with Gasteiger partial charge in [-0.1, -0.05) is 28.9 Å². The smallest absolute Gasteiger partial charge is 0.193 e. The molecule has 0 unspecified atom stereocenters. The van der Waals surface area contributed by atoms with Crippen LogP contribution in [-0.4, -0.2) is 34.7 Å². The van der Waals surface area contributed by atoms with E-state index in [9.17, 15) is 9.65 Å². The number of nitrogen functional groups attached to an aromatic ring is 1. The molecule has 2 N–H and O–H groups in total. The van der Waals surface area contributed by atoms with E-state index in [2.05, 4.69) is 31.4 Å². The molecule has 0 aliphatic rings. The van der Waals surface area contributed by atoms with E-state index in [1.54, 1.807) is 38.2 Å². The van der Waals surface area contributed by atoms with Crippen LogP contribution in [0.2, 0.25) is 5.15 Å². The normalized spacial score (nSPS) is 10.9. The molecule has 0 fully saturated rings. The largest absolute Gasteiger partial charge is 0.381 e. The van der Waals surface area contributed by atoms with Crippen molar-refractivity contribution >= 4 is 17.4 Å². The lowest BCUT2D eigenvalue weighted by molar-refractivity contribution is 0.622.